The molecule has 0 radical (unpaired) electrons. The number of aromatic nitrogens is 2. The van der Waals surface area contributed by atoms with E-state index in [1.807, 2.05) is 22.6 Å². The Bertz CT molecular complexity index is 727. The number of carbonyl (C=O) groups is 1. The average molecular weight is 400 g/mol. The van der Waals surface area contributed by atoms with E-state index in [1.54, 1.807) is 19.1 Å². The van der Waals surface area contributed by atoms with E-state index in [9.17, 15) is 9.59 Å². The van der Waals surface area contributed by atoms with Crippen LogP contribution in [-0.4, -0.2) is 27.2 Å². The van der Waals surface area contributed by atoms with E-state index in [0.29, 0.717) is 21.7 Å². The van der Waals surface area contributed by atoms with Gasteiger partial charge in [0.15, 0.2) is 0 Å². The van der Waals surface area contributed by atoms with Crippen LogP contribution in [0.5, 0.6) is 5.75 Å². The summed E-state index contributed by atoms with van der Waals surface area (Å²) in [5, 5.41) is 8.91. The smallest absolute Gasteiger partial charge is 0.335 e. The third-order valence-electron chi connectivity index (χ3n) is 2.87. The van der Waals surface area contributed by atoms with Gasteiger partial charge in [0.1, 0.15) is 18.2 Å². The number of benzene rings is 1. The summed E-state index contributed by atoms with van der Waals surface area (Å²) < 4.78 is 7.58. The quantitative estimate of drug-likeness (QED) is 0.776. The average Bonchev–Trinajstić information content (AvgIpc) is 2.47. The van der Waals surface area contributed by atoms with Gasteiger partial charge in [-0.2, -0.15) is 0 Å². The van der Waals surface area contributed by atoms with Gasteiger partial charge in [-0.05, 0) is 47.7 Å². The normalized spacial score (nSPS) is 10.4. The fourth-order valence-electron chi connectivity index (χ4n) is 1.79. The minimum atomic E-state index is -1.01. The van der Waals surface area contributed by atoms with Crippen LogP contribution in [0.15, 0.2) is 35.3 Å². The molecule has 1 aromatic carbocycles. The van der Waals surface area contributed by atoms with Crippen LogP contribution < -0.4 is 10.3 Å². The molecule has 0 atom stereocenters. The lowest BCUT2D eigenvalue weighted by atomic mass is 10.2. The second-order valence-electron chi connectivity index (χ2n) is 4.29. The molecule has 0 aliphatic heterocycles. The van der Waals surface area contributed by atoms with Crippen molar-refractivity contribution >= 4 is 28.6 Å². The molecule has 0 amide bonds. The number of aryl methyl sites for hydroxylation is 1. The molecular weight excluding hydrogens is 387 g/mol. The zero-order valence-electron chi connectivity index (χ0n) is 11.2. The van der Waals surface area contributed by atoms with Crippen LogP contribution in [0.2, 0.25) is 0 Å². The van der Waals surface area contributed by atoms with Gasteiger partial charge in [-0.15, -0.1) is 0 Å². The van der Waals surface area contributed by atoms with E-state index in [2.05, 4.69) is 4.98 Å². The molecule has 0 spiro atoms. The first-order valence-electron chi connectivity index (χ1n) is 6.17. The number of carboxylic acids is 1. The number of hydrogen-bond acceptors (Lipinski definition) is 4. The van der Waals surface area contributed by atoms with Gasteiger partial charge in [-0.3, -0.25) is 9.36 Å². The molecule has 0 bridgehead atoms. The molecule has 6 nitrogen and oxygen atoms in total. The van der Waals surface area contributed by atoms with Crippen LogP contribution in [0.25, 0.3) is 0 Å². The summed E-state index contributed by atoms with van der Waals surface area (Å²) in [6.07, 6.45) is 1.53. The Labute approximate surface area is 134 Å². The molecule has 110 valence electrons. The van der Waals surface area contributed by atoms with Crippen LogP contribution >= 0.6 is 22.6 Å². The Morgan fingerprint density at radius 2 is 2.24 bits per heavy atom. The molecule has 0 unspecified atom stereocenters. The van der Waals surface area contributed by atoms with Crippen LogP contribution in [-0.2, 0) is 6.54 Å². The molecule has 1 aromatic heterocycles. The van der Waals surface area contributed by atoms with Gasteiger partial charge in [0, 0.05) is 6.20 Å². The zero-order valence-corrected chi connectivity index (χ0v) is 13.4. The van der Waals surface area contributed by atoms with Crippen LogP contribution in [0, 0.1) is 10.5 Å². The first kappa shape index (κ1) is 15.5. The molecule has 0 aliphatic carbocycles. The van der Waals surface area contributed by atoms with Crippen molar-refractivity contribution in [3.63, 3.8) is 0 Å². The maximum absolute atomic E-state index is 12.0. The molecule has 2 aromatic rings. The summed E-state index contributed by atoms with van der Waals surface area (Å²) in [5.41, 5.74) is 0.0581. The van der Waals surface area contributed by atoms with Gasteiger partial charge in [0.25, 0.3) is 5.56 Å². The predicted octanol–water partition coefficient (Wildman–Crippen LogP) is 1.93. The number of nitrogens with zero attached hydrogens (tertiary/aromatic N) is 2. The lowest BCUT2D eigenvalue weighted by Gasteiger charge is -2.11. The Morgan fingerprint density at radius 1 is 1.48 bits per heavy atom. The highest BCUT2D eigenvalue weighted by atomic mass is 127. The highest BCUT2D eigenvalue weighted by Crippen LogP contribution is 2.13. The minimum Gasteiger partial charge on any atom is -0.492 e. The van der Waals surface area contributed by atoms with E-state index in [4.69, 9.17) is 9.84 Å². The van der Waals surface area contributed by atoms with Crippen molar-refractivity contribution in [1.82, 2.24) is 9.55 Å². The Kier molecular flexibility index (Phi) is 4.94. The van der Waals surface area contributed by atoms with Crippen molar-refractivity contribution in [3.8, 4) is 5.75 Å². The number of hydrogen-bond donors (Lipinski definition) is 1. The van der Waals surface area contributed by atoms with Crippen molar-refractivity contribution in [2.75, 3.05) is 6.61 Å². The first-order chi connectivity index (χ1) is 9.99. The summed E-state index contributed by atoms with van der Waals surface area (Å²) in [7, 11) is 0. The third kappa shape index (κ3) is 3.81. The first-order valence-corrected chi connectivity index (χ1v) is 7.25. The Morgan fingerprint density at radius 3 is 2.95 bits per heavy atom. The summed E-state index contributed by atoms with van der Waals surface area (Å²) in [5.74, 6) is 0.0665. The van der Waals surface area contributed by atoms with E-state index in [1.165, 1.54) is 22.9 Å². The van der Waals surface area contributed by atoms with Gasteiger partial charge in [-0.1, -0.05) is 6.07 Å². The number of ether oxygens (including phenoxy) is 1. The monoisotopic (exact) mass is 400 g/mol. The highest BCUT2D eigenvalue weighted by Gasteiger charge is 2.07. The number of carboxylic acid groups (broad SMARTS) is 1. The molecule has 1 N–H and O–H groups in total. The van der Waals surface area contributed by atoms with Crippen LogP contribution in [0.4, 0.5) is 0 Å². The second-order valence-corrected chi connectivity index (χ2v) is 5.45. The van der Waals surface area contributed by atoms with Gasteiger partial charge >= 0.3 is 5.97 Å². The fraction of sp³-hybridized carbons (Fsp3) is 0.214. The van der Waals surface area contributed by atoms with Crippen molar-refractivity contribution < 1.29 is 14.6 Å². The minimum absolute atomic E-state index is 0.106. The topological polar surface area (TPSA) is 81.4 Å². The molecule has 7 heteroatoms. The molecule has 2 rings (SSSR count). The van der Waals surface area contributed by atoms with Crippen molar-refractivity contribution in [2.45, 2.75) is 13.5 Å². The molecule has 0 saturated heterocycles. The van der Waals surface area contributed by atoms with E-state index >= 15 is 0 Å². The number of aromatic carboxylic acids is 1. The van der Waals surface area contributed by atoms with E-state index in [-0.39, 0.29) is 17.7 Å². The Hall–Kier alpha value is -1.90. The fourth-order valence-corrected chi connectivity index (χ4v) is 2.22. The van der Waals surface area contributed by atoms with Gasteiger partial charge < -0.3 is 9.84 Å². The summed E-state index contributed by atoms with van der Waals surface area (Å²) in [6.45, 7) is 2.36. The SMILES string of the molecule is Cc1ncc(I)c(=O)n1CCOc1cccc(C(=O)O)c1. The van der Waals surface area contributed by atoms with Crippen molar-refractivity contribution in [2.24, 2.45) is 0 Å². The van der Waals surface area contributed by atoms with Crippen LogP contribution in [0.1, 0.15) is 16.2 Å². The highest BCUT2D eigenvalue weighted by molar-refractivity contribution is 14.1. The predicted molar refractivity (Wildman–Crippen MR) is 84.8 cm³/mol. The van der Waals surface area contributed by atoms with Gasteiger partial charge in [0.05, 0.1) is 15.7 Å². The molecular formula is C14H13IN2O4. The standard InChI is InChI=1S/C14H13IN2O4/c1-9-16-8-12(15)13(18)17(9)5-6-21-11-4-2-3-10(7-11)14(19)20/h2-4,7-8H,5-6H2,1H3,(H,19,20). The van der Waals surface area contributed by atoms with Crippen LogP contribution in [0.3, 0.4) is 0 Å². The van der Waals surface area contributed by atoms with Crippen molar-refractivity contribution in [3.05, 3.63) is 55.8 Å². The van der Waals surface area contributed by atoms with E-state index in [0.717, 1.165) is 0 Å². The molecule has 1 heterocycles. The Balaban J connectivity index is 2.05. The zero-order chi connectivity index (χ0) is 15.4. The molecule has 0 aliphatic rings. The maximum atomic E-state index is 12.0. The molecule has 0 fully saturated rings. The third-order valence-corrected chi connectivity index (χ3v) is 3.61. The lowest BCUT2D eigenvalue weighted by Crippen LogP contribution is -2.27. The van der Waals surface area contributed by atoms with Gasteiger partial charge in [-0.25, -0.2) is 9.78 Å². The lowest BCUT2D eigenvalue weighted by molar-refractivity contribution is 0.0696. The van der Waals surface area contributed by atoms with Gasteiger partial charge in [0.2, 0.25) is 0 Å². The molecule has 21 heavy (non-hydrogen) atoms. The van der Waals surface area contributed by atoms with Crippen molar-refractivity contribution in [1.29, 1.82) is 0 Å². The second kappa shape index (κ2) is 6.70. The number of rotatable bonds is 5. The maximum Gasteiger partial charge on any atom is 0.335 e. The summed E-state index contributed by atoms with van der Waals surface area (Å²) in [6, 6.07) is 6.23. The van der Waals surface area contributed by atoms with E-state index < -0.39 is 5.97 Å². The summed E-state index contributed by atoms with van der Waals surface area (Å²) in [4.78, 5) is 26.9. The molecule has 0 saturated carbocycles. The largest absolute Gasteiger partial charge is 0.492 e. The number of halogens is 1. The summed E-state index contributed by atoms with van der Waals surface area (Å²) >= 11 is 1.94.